The van der Waals surface area contributed by atoms with Gasteiger partial charge in [-0.05, 0) is 19.9 Å². The number of aromatic nitrogens is 1. The number of hydrogen-bond donors (Lipinski definition) is 1. The molecule has 1 aromatic rings. The van der Waals surface area contributed by atoms with Crippen LogP contribution in [0.5, 0.6) is 0 Å². The third-order valence-electron chi connectivity index (χ3n) is 2.07. The summed E-state index contributed by atoms with van der Waals surface area (Å²) in [7, 11) is 2.07. The van der Waals surface area contributed by atoms with E-state index in [9.17, 15) is 0 Å². The second-order valence-corrected chi connectivity index (χ2v) is 4.15. The standard InChI is InChI=1S/C10H19N3S/c1-4-6-11-7-9-8-14-10(12-9)13(3)5-2/h8,11H,4-7H2,1-3H3. The van der Waals surface area contributed by atoms with Crippen molar-refractivity contribution in [2.45, 2.75) is 26.8 Å². The Morgan fingerprint density at radius 1 is 1.50 bits per heavy atom. The molecule has 0 aliphatic carbocycles. The summed E-state index contributed by atoms with van der Waals surface area (Å²) >= 11 is 1.72. The summed E-state index contributed by atoms with van der Waals surface area (Å²) in [5.41, 5.74) is 1.15. The topological polar surface area (TPSA) is 28.2 Å². The van der Waals surface area contributed by atoms with Gasteiger partial charge in [-0.25, -0.2) is 4.98 Å². The minimum absolute atomic E-state index is 0.891. The summed E-state index contributed by atoms with van der Waals surface area (Å²) < 4.78 is 0. The molecule has 0 radical (unpaired) electrons. The van der Waals surface area contributed by atoms with E-state index in [0.29, 0.717) is 0 Å². The molecule has 1 heterocycles. The summed E-state index contributed by atoms with van der Waals surface area (Å²) in [4.78, 5) is 6.70. The molecule has 0 aromatic carbocycles. The Morgan fingerprint density at radius 2 is 2.29 bits per heavy atom. The lowest BCUT2D eigenvalue weighted by Gasteiger charge is -2.11. The van der Waals surface area contributed by atoms with Crippen LogP contribution >= 0.6 is 11.3 Å². The van der Waals surface area contributed by atoms with Crippen LogP contribution in [0.15, 0.2) is 5.38 Å². The third kappa shape index (κ3) is 3.27. The summed E-state index contributed by atoms with van der Waals surface area (Å²) in [5.74, 6) is 0. The molecule has 0 saturated carbocycles. The van der Waals surface area contributed by atoms with Crippen LogP contribution in [-0.4, -0.2) is 25.1 Å². The van der Waals surface area contributed by atoms with E-state index >= 15 is 0 Å². The maximum absolute atomic E-state index is 4.53. The van der Waals surface area contributed by atoms with Gasteiger partial charge >= 0.3 is 0 Å². The molecule has 14 heavy (non-hydrogen) atoms. The minimum atomic E-state index is 0.891. The van der Waals surface area contributed by atoms with E-state index in [-0.39, 0.29) is 0 Å². The first-order valence-electron chi connectivity index (χ1n) is 5.14. The zero-order chi connectivity index (χ0) is 10.4. The summed E-state index contributed by atoms with van der Waals surface area (Å²) in [5, 5.41) is 6.59. The van der Waals surface area contributed by atoms with Crippen molar-refractivity contribution in [2.75, 3.05) is 25.0 Å². The van der Waals surface area contributed by atoms with Crippen molar-refractivity contribution in [1.82, 2.24) is 10.3 Å². The third-order valence-corrected chi connectivity index (χ3v) is 3.08. The van der Waals surface area contributed by atoms with Gasteiger partial charge in [-0.1, -0.05) is 6.92 Å². The van der Waals surface area contributed by atoms with E-state index in [1.165, 1.54) is 6.42 Å². The first kappa shape index (κ1) is 11.5. The minimum Gasteiger partial charge on any atom is -0.351 e. The van der Waals surface area contributed by atoms with Gasteiger partial charge < -0.3 is 10.2 Å². The maximum Gasteiger partial charge on any atom is 0.185 e. The largest absolute Gasteiger partial charge is 0.351 e. The molecule has 80 valence electrons. The Balaban J connectivity index is 2.42. The monoisotopic (exact) mass is 213 g/mol. The van der Waals surface area contributed by atoms with Gasteiger partial charge in [0.2, 0.25) is 0 Å². The molecule has 0 aliphatic heterocycles. The molecule has 0 amide bonds. The highest BCUT2D eigenvalue weighted by molar-refractivity contribution is 7.13. The molecule has 0 bridgehead atoms. The zero-order valence-electron chi connectivity index (χ0n) is 9.21. The molecule has 4 heteroatoms. The molecule has 0 saturated heterocycles. The predicted octanol–water partition coefficient (Wildman–Crippen LogP) is 2.10. The Bertz CT molecular complexity index is 260. The fourth-order valence-electron chi connectivity index (χ4n) is 1.08. The van der Waals surface area contributed by atoms with Gasteiger partial charge in [0.15, 0.2) is 5.13 Å². The van der Waals surface area contributed by atoms with Gasteiger partial charge in [-0.3, -0.25) is 0 Å². The lowest BCUT2D eigenvalue weighted by molar-refractivity contribution is 0.666. The number of nitrogens with zero attached hydrogens (tertiary/aromatic N) is 2. The van der Waals surface area contributed by atoms with Crippen molar-refractivity contribution >= 4 is 16.5 Å². The molecule has 3 nitrogen and oxygen atoms in total. The Labute approximate surface area is 90.2 Å². The normalized spacial score (nSPS) is 10.5. The van der Waals surface area contributed by atoms with Gasteiger partial charge in [-0.15, -0.1) is 11.3 Å². The van der Waals surface area contributed by atoms with Crippen LogP contribution in [0, 0.1) is 0 Å². The number of thiazole rings is 1. The molecular weight excluding hydrogens is 194 g/mol. The molecule has 0 atom stereocenters. The van der Waals surface area contributed by atoms with Crippen molar-refractivity contribution in [3.8, 4) is 0 Å². The van der Waals surface area contributed by atoms with Crippen LogP contribution in [0.4, 0.5) is 5.13 Å². The van der Waals surface area contributed by atoms with Crippen molar-refractivity contribution < 1.29 is 0 Å². The smallest absolute Gasteiger partial charge is 0.185 e. The van der Waals surface area contributed by atoms with Crippen LogP contribution in [-0.2, 0) is 6.54 Å². The molecule has 0 unspecified atom stereocenters. The van der Waals surface area contributed by atoms with E-state index in [0.717, 1.165) is 30.5 Å². The highest BCUT2D eigenvalue weighted by Gasteiger charge is 2.04. The van der Waals surface area contributed by atoms with Crippen LogP contribution in [0.3, 0.4) is 0 Å². The van der Waals surface area contributed by atoms with E-state index in [4.69, 9.17) is 0 Å². The molecular formula is C10H19N3S. The van der Waals surface area contributed by atoms with Crippen molar-refractivity contribution in [3.63, 3.8) is 0 Å². The van der Waals surface area contributed by atoms with E-state index in [1.54, 1.807) is 11.3 Å². The Kier molecular flexibility index (Phi) is 4.90. The van der Waals surface area contributed by atoms with Crippen LogP contribution < -0.4 is 10.2 Å². The Morgan fingerprint density at radius 3 is 2.93 bits per heavy atom. The van der Waals surface area contributed by atoms with Crippen molar-refractivity contribution in [2.24, 2.45) is 0 Å². The van der Waals surface area contributed by atoms with Gasteiger partial charge in [0.05, 0.1) is 5.69 Å². The molecule has 0 aliphatic rings. The summed E-state index contributed by atoms with van der Waals surface area (Å²) in [6.45, 7) is 7.27. The van der Waals surface area contributed by atoms with Crippen molar-refractivity contribution in [3.05, 3.63) is 11.1 Å². The summed E-state index contributed by atoms with van der Waals surface area (Å²) in [6, 6.07) is 0. The molecule has 0 fully saturated rings. The number of rotatable bonds is 6. The average Bonchev–Trinajstić information content (AvgIpc) is 2.66. The molecule has 1 aromatic heterocycles. The highest BCUT2D eigenvalue weighted by atomic mass is 32.1. The van der Waals surface area contributed by atoms with Crippen molar-refractivity contribution in [1.29, 1.82) is 0 Å². The second kappa shape index (κ2) is 5.98. The Hall–Kier alpha value is -0.610. The van der Waals surface area contributed by atoms with Crippen LogP contribution in [0.2, 0.25) is 0 Å². The number of hydrogen-bond acceptors (Lipinski definition) is 4. The van der Waals surface area contributed by atoms with E-state index in [2.05, 4.69) is 41.5 Å². The highest BCUT2D eigenvalue weighted by Crippen LogP contribution is 2.18. The summed E-state index contributed by atoms with van der Waals surface area (Å²) in [6.07, 6.45) is 1.17. The van der Waals surface area contributed by atoms with Gasteiger partial charge in [-0.2, -0.15) is 0 Å². The van der Waals surface area contributed by atoms with Gasteiger partial charge in [0, 0.05) is 25.5 Å². The fourth-order valence-corrected chi connectivity index (χ4v) is 1.94. The quantitative estimate of drug-likeness (QED) is 0.734. The number of anilines is 1. The second-order valence-electron chi connectivity index (χ2n) is 3.31. The average molecular weight is 213 g/mol. The van der Waals surface area contributed by atoms with Gasteiger partial charge in [0.25, 0.3) is 0 Å². The lowest BCUT2D eigenvalue weighted by Crippen LogP contribution is -2.16. The maximum atomic E-state index is 4.53. The molecule has 0 spiro atoms. The van der Waals surface area contributed by atoms with Gasteiger partial charge in [0.1, 0.15) is 0 Å². The number of nitrogens with one attached hydrogen (secondary N) is 1. The van der Waals surface area contributed by atoms with Crippen LogP contribution in [0.1, 0.15) is 26.0 Å². The first-order valence-corrected chi connectivity index (χ1v) is 6.02. The van der Waals surface area contributed by atoms with Crippen LogP contribution in [0.25, 0.3) is 0 Å². The first-order chi connectivity index (χ1) is 6.77. The molecule has 1 N–H and O–H groups in total. The van der Waals surface area contributed by atoms with E-state index in [1.807, 2.05) is 0 Å². The zero-order valence-corrected chi connectivity index (χ0v) is 10.0. The van der Waals surface area contributed by atoms with E-state index < -0.39 is 0 Å². The SMILES string of the molecule is CCCNCc1csc(N(C)CC)n1. The molecule has 1 rings (SSSR count). The predicted molar refractivity (Wildman–Crippen MR) is 63.1 cm³/mol. The fraction of sp³-hybridized carbons (Fsp3) is 0.700. The lowest BCUT2D eigenvalue weighted by atomic mass is 10.4.